The molecule has 0 aromatic carbocycles. The highest BCUT2D eigenvalue weighted by Crippen LogP contribution is 2.27. The Morgan fingerprint density at radius 1 is 1.40 bits per heavy atom. The first-order chi connectivity index (χ1) is 7.18. The third kappa shape index (κ3) is 2.32. The molecule has 2 aliphatic rings. The number of likely N-dealkylation sites (N-methyl/N-ethyl adjacent to an activating group) is 1. The Bertz CT molecular complexity index is 242. The van der Waals surface area contributed by atoms with Gasteiger partial charge in [0.25, 0.3) is 0 Å². The van der Waals surface area contributed by atoms with Crippen LogP contribution in [0.25, 0.3) is 0 Å². The van der Waals surface area contributed by atoms with Crippen molar-refractivity contribution in [1.29, 1.82) is 0 Å². The minimum absolute atomic E-state index is 0.173. The number of rotatable bonds is 3. The van der Waals surface area contributed by atoms with Crippen molar-refractivity contribution in [2.75, 3.05) is 33.7 Å². The first kappa shape index (κ1) is 10.9. The molecule has 2 unspecified atom stereocenters. The van der Waals surface area contributed by atoms with Crippen LogP contribution in [0, 0.1) is 0 Å². The summed E-state index contributed by atoms with van der Waals surface area (Å²) in [6.45, 7) is 2.95. The number of fused-ring (bicyclic) bond motifs is 1. The maximum atomic E-state index is 11.4. The van der Waals surface area contributed by atoms with Crippen LogP contribution >= 0.6 is 0 Å². The zero-order valence-electron chi connectivity index (χ0n) is 9.70. The van der Waals surface area contributed by atoms with Gasteiger partial charge in [0.15, 0.2) is 0 Å². The van der Waals surface area contributed by atoms with Crippen molar-refractivity contribution in [2.45, 2.75) is 31.3 Å². The van der Waals surface area contributed by atoms with E-state index in [1.807, 2.05) is 0 Å². The molecule has 0 aromatic rings. The number of carbonyl (C=O) groups excluding carboxylic acids is 1. The summed E-state index contributed by atoms with van der Waals surface area (Å²) in [7, 11) is 3.61. The van der Waals surface area contributed by atoms with Gasteiger partial charge in [-0.2, -0.15) is 0 Å². The molecule has 4 heteroatoms. The quantitative estimate of drug-likeness (QED) is 0.708. The van der Waals surface area contributed by atoms with Crippen molar-refractivity contribution >= 4 is 5.91 Å². The predicted octanol–water partition coefficient (Wildman–Crippen LogP) is -0.0991. The van der Waals surface area contributed by atoms with Gasteiger partial charge in [0.2, 0.25) is 5.91 Å². The van der Waals surface area contributed by atoms with Gasteiger partial charge >= 0.3 is 0 Å². The van der Waals surface area contributed by atoms with E-state index in [-0.39, 0.29) is 5.91 Å². The van der Waals surface area contributed by atoms with Crippen LogP contribution < -0.4 is 5.32 Å². The summed E-state index contributed by atoms with van der Waals surface area (Å²) >= 11 is 0. The molecule has 86 valence electrons. The van der Waals surface area contributed by atoms with Gasteiger partial charge in [0, 0.05) is 32.7 Å². The minimum Gasteiger partial charge on any atom is -0.348 e. The number of hydrogen-bond acceptors (Lipinski definition) is 3. The molecule has 1 amide bonds. The molecule has 0 radical (unpaired) electrons. The third-order valence-electron chi connectivity index (χ3n) is 3.62. The standard InChI is InChI=1S/C11H21N3O/c1-13(2)11(15)8-12-9-5-7-14-6-3-4-10(9)14/h9-10,12H,3-8H2,1-2H3. The molecular weight excluding hydrogens is 190 g/mol. The van der Waals surface area contributed by atoms with Gasteiger partial charge in [-0.05, 0) is 25.8 Å². The highest BCUT2D eigenvalue weighted by atomic mass is 16.2. The Morgan fingerprint density at radius 3 is 2.93 bits per heavy atom. The van der Waals surface area contributed by atoms with E-state index in [0.717, 1.165) is 0 Å². The second-order valence-electron chi connectivity index (χ2n) is 4.81. The summed E-state index contributed by atoms with van der Waals surface area (Å²) in [5.74, 6) is 0.173. The van der Waals surface area contributed by atoms with Crippen molar-refractivity contribution in [1.82, 2.24) is 15.1 Å². The van der Waals surface area contributed by atoms with E-state index in [1.165, 1.54) is 32.4 Å². The second kappa shape index (κ2) is 4.49. The van der Waals surface area contributed by atoms with E-state index in [0.29, 0.717) is 18.6 Å². The van der Waals surface area contributed by atoms with E-state index in [2.05, 4.69) is 10.2 Å². The average Bonchev–Trinajstić information content (AvgIpc) is 2.76. The lowest BCUT2D eigenvalue weighted by Crippen LogP contribution is -2.43. The Hall–Kier alpha value is -0.610. The van der Waals surface area contributed by atoms with Crippen LogP contribution in [0.3, 0.4) is 0 Å². The molecule has 2 heterocycles. The second-order valence-corrected chi connectivity index (χ2v) is 4.81. The Kier molecular flexibility index (Phi) is 3.26. The number of amides is 1. The topological polar surface area (TPSA) is 35.6 Å². The summed E-state index contributed by atoms with van der Waals surface area (Å²) in [5, 5.41) is 3.40. The summed E-state index contributed by atoms with van der Waals surface area (Å²) in [6, 6.07) is 1.23. The largest absolute Gasteiger partial charge is 0.348 e. The zero-order valence-corrected chi connectivity index (χ0v) is 9.70. The van der Waals surface area contributed by atoms with Gasteiger partial charge in [-0.3, -0.25) is 9.69 Å². The molecule has 4 nitrogen and oxygen atoms in total. The molecule has 0 aromatic heterocycles. The SMILES string of the molecule is CN(C)C(=O)CNC1CCN2CCCC12. The Morgan fingerprint density at radius 2 is 2.20 bits per heavy atom. The summed E-state index contributed by atoms with van der Waals surface area (Å²) in [5.41, 5.74) is 0. The molecule has 0 spiro atoms. The lowest BCUT2D eigenvalue weighted by molar-refractivity contribution is -0.127. The fourth-order valence-electron chi connectivity index (χ4n) is 2.70. The predicted molar refractivity (Wildman–Crippen MR) is 59.7 cm³/mol. The summed E-state index contributed by atoms with van der Waals surface area (Å²) in [4.78, 5) is 15.6. The van der Waals surface area contributed by atoms with Crippen molar-refractivity contribution in [3.63, 3.8) is 0 Å². The molecule has 2 rings (SSSR count). The van der Waals surface area contributed by atoms with E-state index in [9.17, 15) is 4.79 Å². The lowest BCUT2D eigenvalue weighted by Gasteiger charge is -2.21. The first-order valence-corrected chi connectivity index (χ1v) is 5.86. The molecule has 1 N–H and O–H groups in total. The number of hydrogen-bond donors (Lipinski definition) is 1. The maximum absolute atomic E-state index is 11.4. The fourth-order valence-corrected chi connectivity index (χ4v) is 2.70. The van der Waals surface area contributed by atoms with E-state index < -0.39 is 0 Å². The van der Waals surface area contributed by atoms with Crippen LogP contribution in [0.15, 0.2) is 0 Å². The summed E-state index contributed by atoms with van der Waals surface area (Å²) < 4.78 is 0. The van der Waals surface area contributed by atoms with E-state index >= 15 is 0 Å². The molecule has 0 saturated carbocycles. The minimum atomic E-state index is 0.173. The molecule has 0 bridgehead atoms. The first-order valence-electron chi connectivity index (χ1n) is 5.86. The average molecular weight is 211 g/mol. The lowest BCUT2D eigenvalue weighted by atomic mass is 10.1. The van der Waals surface area contributed by atoms with Gasteiger partial charge < -0.3 is 10.2 Å². The highest BCUT2D eigenvalue weighted by Gasteiger charge is 2.36. The molecule has 2 aliphatic heterocycles. The van der Waals surface area contributed by atoms with Crippen molar-refractivity contribution in [3.8, 4) is 0 Å². The van der Waals surface area contributed by atoms with Gasteiger partial charge in [-0.15, -0.1) is 0 Å². The van der Waals surface area contributed by atoms with Crippen molar-refractivity contribution in [3.05, 3.63) is 0 Å². The molecule has 0 aliphatic carbocycles. The Labute approximate surface area is 91.6 Å². The van der Waals surface area contributed by atoms with Crippen LogP contribution in [0.4, 0.5) is 0 Å². The van der Waals surface area contributed by atoms with Gasteiger partial charge in [0.1, 0.15) is 0 Å². The maximum Gasteiger partial charge on any atom is 0.236 e. The van der Waals surface area contributed by atoms with Crippen LogP contribution in [0.5, 0.6) is 0 Å². The number of carbonyl (C=O) groups is 1. The van der Waals surface area contributed by atoms with Gasteiger partial charge in [0.05, 0.1) is 6.54 Å². The molecule has 2 fully saturated rings. The van der Waals surface area contributed by atoms with E-state index in [4.69, 9.17) is 0 Å². The molecular formula is C11H21N3O. The Balaban J connectivity index is 1.78. The highest BCUT2D eigenvalue weighted by molar-refractivity contribution is 5.77. The van der Waals surface area contributed by atoms with Crippen LogP contribution in [-0.4, -0.2) is 61.5 Å². The molecule has 2 atom stereocenters. The molecule has 2 saturated heterocycles. The molecule has 15 heavy (non-hydrogen) atoms. The van der Waals surface area contributed by atoms with Gasteiger partial charge in [-0.1, -0.05) is 0 Å². The smallest absolute Gasteiger partial charge is 0.236 e. The number of nitrogens with zero attached hydrogens (tertiary/aromatic N) is 2. The number of nitrogens with one attached hydrogen (secondary N) is 1. The van der Waals surface area contributed by atoms with Crippen LogP contribution in [-0.2, 0) is 4.79 Å². The fraction of sp³-hybridized carbons (Fsp3) is 0.909. The normalized spacial score (nSPS) is 30.5. The van der Waals surface area contributed by atoms with Crippen molar-refractivity contribution in [2.24, 2.45) is 0 Å². The summed E-state index contributed by atoms with van der Waals surface area (Å²) in [6.07, 6.45) is 3.82. The van der Waals surface area contributed by atoms with Crippen molar-refractivity contribution < 1.29 is 4.79 Å². The van der Waals surface area contributed by atoms with Crippen LogP contribution in [0.1, 0.15) is 19.3 Å². The van der Waals surface area contributed by atoms with Gasteiger partial charge in [-0.25, -0.2) is 0 Å². The van der Waals surface area contributed by atoms with Crippen LogP contribution in [0.2, 0.25) is 0 Å². The monoisotopic (exact) mass is 211 g/mol. The zero-order chi connectivity index (χ0) is 10.8. The third-order valence-corrected chi connectivity index (χ3v) is 3.62. The van der Waals surface area contributed by atoms with E-state index in [1.54, 1.807) is 19.0 Å².